The van der Waals surface area contributed by atoms with Crippen molar-refractivity contribution in [3.05, 3.63) is 69.5 Å². The quantitative estimate of drug-likeness (QED) is 0.749. The predicted molar refractivity (Wildman–Crippen MR) is 98.1 cm³/mol. The molecule has 1 N–H and O–H groups in total. The molecule has 2 aromatic carbocycles. The molecule has 0 fully saturated rings. The number of nitrogens with zero attached hydrogens (tertiary/aromatic N) is 2. The van der Waals surface area contributed by atoms with E-state index in [9.17, 15) is 4.79 Å². The van der Waals surface area contributed by atoms with E-state index in [1.165, 1.54) is 0 Å². The van der Waals surface area contributed by atoms with Gasteiger partial charge >= 0.3 is 0 Å². The average molecular weight is 334 g/mol. The third-order valence-corrected chi connectivity index (χ3v) is 4.08. The molecule has 0 aliphatic heterocycles. The molecule has 3 aromatic rings. The minimum Gasteiger partial charge on any atom is -0.267 e. The van der Waals surface area contributed by atoms with Crippen LogP contribution < -0.4 is 11.2 Å². The summed E-state index contributed by atoms with van der Waals surface area (Å²) in [6, 6.07) is 16.4. The summed E-state index contributed by atoms with van der Waals surface area (Å²) in [6.45, 7) is 1.99. The molecule has 0 radical (unpaired) electrons. The van der Waals surface area contributed by atoms with Gasteiger partial charge in [-0.15, -0.1) is 0 Å². The van der Waals surface area contributed by atoms with Crippen LogP contribution >= 0.6 is 11.6 Å². The van der Waals surface area contributed by atoms with E-state index in [4.69, 9.17) is 16.9 Å². The maximum Gasteiger partial charge on any atom is 0.272 e. The van der Waals surface area contributed by atoms with Gasteiger partial charge in [0.1, 0.15) is 0 Å². The summed E-state index contributed by atoms with van der Waals surface area (Å²) in [4.78, 5) is 12.5. The first-order valence-corrected chi connectivity index (χ1v) is 7.90. The fourth-order valence-corrected chi connectivity index (χ4v) is 2.78. The van der Waals surface area contributed by atoms with Gasteiger partial charge in [-0.05, 0) is 35.4 Å². The first-order valence-electron chi connectivity index (χ1n) is 7.52. The minimum atomic E-state index is -0.262. The van der Waals surface area contributed by atoms with E-state index < -0.39 is 0 Å². The maximum atomic E-state index is 12.5. The molecule has 0 spiro atoms. The van der Waals surface area contributed by atoms with Gasteiger partial charge < -0.3 is 0 Å². The van der Waals surface area contributed by atoms with Crippen LogP contribution in [0.4, 0.5) is 0 Å². The Bertz CT molecular complexity index is 973. The number of hydrogen-bond acceptors (Lipinski definition) is 3. The van der Waals surface area contributed by atoms with E-state index in [1.54, 1.807) is 36.4 Å². The number of benzene rings is 2. The number of hydrogen-bond donors (Lipinski definition) is 1. The number of nitriles is 1. The van der Waals surface area contributed by atoms with Gasteiger partial charge in [0.05, 0.1) is 17.2 Å². The average Bonchev–Trinajstić information content (AvgIpc) is 2.62. The van der Waals surface area contributed by atoms with Crippen molar-refractivity contribution in [3.8, 4) is 28.3 Å². The zero-order valence-corrected chi connectivity index (χ0v) is 13.8. The zero-order valence-electron chi connectivity index (χ0n) is 13.0. The Labute approximate surface area is 145 Å². The SMILES string of the molecule is CBc1n[nH]c(=O)c(-c2ccc(C#N)cc2)c1-c1ccc(Cl)cc1. The van der Waals surface area contributed by atoms with Gasteiger partial charge in [0.25, 0.3) is 5.56 Å². The summed E-state index contributed by atoms with van der Waals surface area (Å²) in [5.41, 5.74) is 4.06. The van der Waals surface area contributed by atoms with Crippen molar-refractivity contribution in [2.75, 3.05) is 0 Å². The smallest absolute Gasteiger partial charge is 0.267 e. The molecule has 0 amide bonds. The van der Waals surface area contributed by atoms with Crippen LogP contribution in [0, 0.1) is 11.3 Å². The molecule has 0 aliphatic rings. The number of aromatic amines is 1. The van der Waals surface area contributed by atoms with Gasteiger partial charge in [0.15, 0.2) is 7.28 Å². The second-order valence-corrected chi connectivity index (χ2v) is 5.74. The third kappa shape index (κ3) is 2.97. The summed E-state index contributed by atoms with van der Waals surface area (Å²) in [7, 11) is 0.679. The summed E-state index contributed by atoms with van der Waals surface area (Å²) in [5.74, 6) is 0. The minimum absolute atomic E-state index is 0.262. The molecule has 1 heterocycles. The van der Waals surface area contributed by atoms with Crippen molar-refractivity contribution in [2.45, 2.75) is 6.82 Å². The van der Waals surface area contributed by atoms with Crippen LogP contribution in [0.2, 0.25) is 11.8 Å². The molecule has 0 aliphatic carbocycles. The van der Waals surface area contributed by atoms with Crippen molar-refractivity contribution >= 4 is 24.5 Å². The van der Waals surface area contributed by atoms with E-state index in [-0.39, 0.29) is 5.56 Å². The molecule has 4 nitrogen and oxygen atoms in total. The Balaban J connectivity index is 2.30. The molecule has 6 heteroatoms. The van der Waals surface area contributed by atoms with Gasteiger partial charge in [-0.1, -0.05) is 42.7 Å². The first kappa shape index (κ1) is 16.0. The molecule has 24 heavy (non-hydrogen) atoms. The van der Waals surface area contributed by atoms with Gasteiger partial charge in [0.2, 0.25) is 0 Å². The Morgan fingerprint density at radius 2 is 1.62 bits per heavy atom. The Morgan fingerprint density at radius 1 is 1.04 bits per heavy atom. The maximum absolute atomic E-state index is 12.5. The molecule has 0 atom stereocenters. The molecule has 1 aromatic heterocycles. The highest BCUT2D eigenvalue weighted by Gasteiger charge is 2.17. The second kappa shape index (κ2) is 6.73. The number of H-pyrrole nitrogens is 1. The van der Waals surface area contributed by atoms with Crippen LogP contribution in [0.3, 0.4) is 0 Å². The fourth-order valence-electron chi connectivity index (χ4n) is 2.66. The second-order valence-electron chi connectivity index (χ2n) is 5.30. The van der Waals surface area contributed by atoms with E-state index in [2.05, 4.69) is 16.3 Å². The number of nitrogens with one attached hydrogen (secondary N) is 1. The largest absolute Gasteiger partial charge is 0.272 e. The van der Waals surface area contributed by atoms with Crippen LogP contribution in [0.5, 0.6) is 0 Å². The van der Waals surface area contributed by atoms with E-state index >= 15 is 0 Å². The Hall–Kier alpha value is -2.84. The molecular weight excluding hydrogens is 320 g/mol. The number of aromatic nitrogens is 2. The monoisotopic (exact) mass is 333 g/mol. The van der Waals surface area contributed by atoms with Crippen molar-refractivity contribution in [1.29, 1.82) is 5.26 Å². The van der Waals surface area contributed by atoms with Crippen LogP contribution in [0.1, 0.15) is 5.56 Å². The van der Waals surface area contributed by atoms with Gasteiger partial charge in [-0.2, -0.15) is 10.4 Å². The highest BCUT2D eigenvalue weighted by molar-refractivity contribution is 6.53. The van der Waals surface area contributed by atoms with Crippen LogP contribution in [-0.2, 0) is 0 Å². The zero-order chi connectivity index (χ0) is 17.1. The molecule has 0 bridgehead atoms. The van der Waals surface area contributed by atoms with Crippen molar-refractivity contribution in [2.24, 2.45) is 0 Å². The highest BCUT2D eigenvalue weighted by atomic mass is 35.5. The van der Waals surface area contributed by atoms with Crippen molar-refractivity contribution in [1.82, 2.24) is 10.2 Å². The molecule has 3 rings (SSSR count). The summed E-state index contributed by atoms with van der Waals surface area (Å²) in [5, 5.41) is 16.4. The van der Waals surface area contributed by atoms with Crippen LogP contribution in [0.25, 0.3) is 22.3 Å². The van der Waals surface area contributed by atoms with E-state index in [1.807, 2.05) is 19.0 Å². The summed E-state index contributed by atoms with van der Waals surface area (Å²) in [6.07, 6.45) is 0. The summed E-state index contributed by atoms with van der Waals surface area (Å²) < 4.78 is 0. The first-order chi connectivity index (χ1) is 11.6. The van der Waals surface area contributed by atoms with Gasteiger partial charge in [-0.25, -0.2) is 5.10 Å². The molecule has 0 saturated heterocycles. The lowest BCUT2D eigenvalue weighted by Gasteiger charge is -2.13. The molecule has 0 unspecified atom stereocenters. The Kier molecular flexibility index (Phi) is 4.50. The van der Waals surface area contributed by atoms with Gasteiger partial charge in [0, 0.05) is 16.2 Å². The Morgan fingerprint density at radius 3 is 2.21 bits per heavy atom. The lowest BCUT2D eigenvalue weighted by molar-refractivity contribution is 1.02. The normalized spacial score (nSPS) is 10.2. The molecular formula is C18H13BClN3O. The predicted octanol–water partition coefficient (Wildman–Crippen LogP) is 2.74. The third-order valence-electron chi connectivity index (χ3n) is 3.83. The number of rotatable bonds is 3. The van der Waals surface area contributed by atoms with Crippen molar-refractivity contribution in [3.63, 3.8) is 0 Å². The van der Waals surface area contributed by atoms with Gasteiger partial charge in [-0.3, -0.25) is 4.79 Å². The van der Waals surface area contributed by atoms with E-state index in [0.717, 1.165) is 22.3 Å². The standard InChI is InChI=1S/C18H13BClN3O/c1-19-17-15(12-6-8-14(20)9-7-12)16(18(24)23-22-17)13-4-2-11(10-21)3-5-13/h2-9,19H,1H3,(H,23,24). The molecule has 116 valence electrons. The summed E-state index contributed by atoms with van der Waals surface area (Å²) >= 11 is 5.98. The van der Waals surface area contributed by atoms with Crippen molar-refractivity contribution < 1.29 is 0 Å². The number of halogens is 1. The van der Waals surface area contributed by atoms with Crippen LogP contribution in [-0.4, -0.2) is 17.5 Å². The van der Waals surface area contributed by atoms with Crippen LogP contribution in [0.15, 0.2) is 53.3 Å². The lowest BCUT2D eigenvalue weighted by atomic mass is 9.72. The highest BCUT2D eigenvalue weighted by Crippen LogP contribution is 2.28. The fraction of sp³-hybridized carbons (Fsp3) is 0.0556. The van der Waals surface area contributed by atoms with E-state index in [0.29, 0.717) is 23.4 Å². The topological polar surface area (TPSA) is 69.5 Å². The lowest BCUT2D eigenvalue weighted by Crippen LogP contribution is -2.27. The molecule has 0 saturated carbocycles.